The van der Waals surface area contributed by atoms with Crippen LogP contribution in [0.4, 0.5) is 0 Å². The fourth-order valence-corrected chi connectivity index (χ4v) is 0.638. The summed E-state index contributed by atoms with van der Waals surface area (Å²) in [4.78, 5) is 8.91. The van der Waals surface area contributed by atoms with Gasteiger partial charge in [-0.15, -0.1) is 4.74 Å². The van der Waals surface area contributed by atoms with Gasteiger partial charge in [-0.1, -0.05) is 0 Å². The van der Waals surface area contributed by atoms with Crippen molar-refractivity contribution in [3.05, 3.63) is 0 Å². The fourth-order valence-electron chi connectivity index (χ4n) is 0.213. The molecular weight excluding hydrogens is 143 g/mol. The Morgan fingerprint density at radius 3 is 2.11 bits per heavy atom. The Morgan fingerprint density at radius 2 is 2.00 bits per heavy atom. The molecule has 0 atom stereocenters. The molecule has 0 amide bonds. The number of rotatable bonds is 2. The van der Waals surface area contributed by atoms with Crippen LogP contribution in [-0.2, 0) is 9.05 Å². The third-order valence-corrected chi connectivity index (χ3v) is 1.94. The first kappa shape index (κ1) is 8.60. The van der Waals surface area contributed by atoms with Crippen molar-refractivity contribution in [2.45, 2.75) is 0 Å². The summed E-state index contributed by atoms with van der Waals surface area (Å²) < 4.78 is 11.8. The van der Waals surface area contributed by atoms with E-state index in [9.17, 15) is 0 Å². The van der Waals surface area contributed by atoms with E-state index in [4.69, 9.17) is 10.2 Å². The molecule has 6 heteroatoms. The maximum atomic E-state index is 8.91. The third-order valence-electron chi connectivity index (χ3n) is 0.647. The van der Waals surface area contributed by atoms with Crippen LogP contribution in [-0.4, -0.2) is 19.1 Å². The normalized spacial score (nSPS) is 10.4. The van der Waals surface area contributed by atoms with Crippen molar-refractivity contribution in [1.29, 1.82) is 5.26 Å². The average Bonchev–Trinajstić information content (AvgIpc) is 1.89. The minimum Gasteiger partial charge on any atom is -0.318 e. The van der Waals surface area contributed by atoms with Crippen molar-refractivity contribution in [2.24, 2.45) is 4.74 Å². The molecule has 0 aromatic heterocycles. The standard InChI is InChI=1S/C3H7N2O3P/c1-7-9(6,8-2)5-3-4/h6H,1-2H3. The van der Waals surface area contributed by atoms with E-state index in [-0.39, 0.29) is 0 Å². The highest BCUT2D eigenvalue weighted by atomic mass is 31.2. The van der Waals surface area contributed by atoms with Crippen LogP contribution in [0, 0.1) is 11.5 Å². The monoisotopic (exact) mass is 150 g/mol. The van der Waals surface area contributed by atoms with E-state index in [1.54, 1.807) is 0 Å². The van der Waals surface area contributed by atoms with Crippen molar-refractivity contribution in [3.63, 3.8) is 0 Å². The summed E-state index contributed by atoms with van der Waals surface area (Å²) >= 11 is 0. The zero-order chi connectivity index (χ0) is 7.33. The highest BCUT2D eigenvalue weighted by molar-refractivity contribution is 7.50. The van der Waals surface area contributed by atoms with Gasteiger partial charge in [-0.3, -0.25) is 0 Å². The lowest BCUT2D eigenvalue weighted by atomic mass is 11.5. The van der Waals surface area contributed by atoms with E-state index in [1.807, 2.05) is 0 Å². The summed E-state index contributed by atoms with van der Waals surface area (Å²) in [6.45, 7) is 0. The molecule has 52 valence electrons. The smallest absolute Gasteiger partial charge is 0.318 e. The van der Waals surface area contributed by atoms with Crippen LogP contribution in [0.1, 0.15) is 0 Å². The second-order valence-corrected chi connectivity index (χ2v) is 2.97. The number of hydrogen-bond acceptors (Lipinski definition) is 4. The minimum atomic E-state index is -3.17. The largest absolute Gasteiger partial charge is 0.367 e. The lowest BCUT2D eigenvalue weighted by Crippen LogP contribution is -1.84. The Bertz CT molecular complexity index is 164. The predicted octanol–water partition coefficient (Wildman–Crippen LogP) is 0.699. The zero-order valence-corrected chi connectivity index (χ0v) is 6.00. The minimum absolute atomic E-state index is 1.22. The molecule has 0 aromatic carbocycles. The third kappa shape index (κ3) is 2.59. The summed E-state index contributed by atoms with van der Waals surface area (Å²) in [5, 5.41) is 7.96. The van der Waals surface area contributed by atoms with Gasteiger partial charge in [0.05, 0.1) is 0 Å². The molecule has 0 rings (SSSR count). The first-order chi connectivity index (χ1) is 4.18. The quantitative estimate of drug-likeness (QED) is 0.464. The Morgan fingerprint density at radius 1 is 1.56 bits per heavy atom. The Kier molecular flexibility index (Phi) is 3.43. The highest BCUT2D eigenvalue weighted by Gasteiger charge is 2.12. The van der Waals surface area contributed by atoms with Crippen LogP contribution < -0.4 is 0 Å². The average molecular weight is 150 g/mol. The maximum Gasteiger partial charge on any atom is 0.367 e. The molecule has 0 aromatic rings. The van der Waals surface area contributed by atoms with Gasteiger partial charge in [-0.05, 0) is 0 Å². The molecule has 9 heavy (non-hydrogen) atoms. The van der Waals surface area contributed by atoms with Crippen LogP contribution in [0.15, 0.2) is 4.74 Å². The van der Waals surface area contributed by atoms with E-state index in [0.717, 1.165) is 0 Å². The molecule has 5 nitrogen and oxygen atoms in total. The Balaban J connectivity index is 4.31. The first-order valence-corrected chi connectivity index (χ1v) is 3.56. The molecule has 0 aliphatic carbocycles. The topological polar surface area (TPSA) is 74.8 Å². The Labute approximate surface area is 53.1 Å². The molecule has 0 radical (unpaired) electrons. The molecule has 0 bridgehead atoms. The lowest BCUT2D eigenvalue weighted by Gasteiger charge is -2.07. The summed E-state index contributed by atoms with van der Waals surface area (Å²) in [6.07, 6.45) is 1.38. The van der Waals surface area contributed by atoms with Gasteiger partial charge in [0.1, 0.15) is 0 Å². The van der Waals surface area contributed by atoms with Crippen LogP contribution in [0.2, 0.25) is 0 Å². The molecule has 0 heterocycles. The van der Waals surface area contributed by atoms with E-state index >= 15 is 0 Å². The van der Waals surface area contributed by atoms with Gasteiger partial charge in [-0.25, -0.2) is 0 Å². The summed E-state index contributed by atoms with van der Waals surface area (Å²) in [6, 6.07) is 0. The van der Waals surface area contributed by atoms with E-state index < -0.39 is 7.74 Å². The molecule has 0 saturated heterocycles. The van der Waals surface area contributed by atoms with Crippen LogP contribution in [0.3, 0.4) is 0 Å². The number of nitriles is 1. The second kappa shape index (κ2) is 3.59. The van der Waals surface area contributed by atoms with Crippen molar-refractivity contribution in [2.75, 3.05) is 14.2 Å². The van der Waals surface area contributed by atoms with Crippen LogP contribution >= 0.6 is 7.74 Å². The van der Waals surface area contributed by atoms with Crippen LogP contribution in [0.25, 0.3) is 0 Å². The summed E-state index contributed by atoms with van der Waals surface area (Å²) in [5.41, 5.74) is 0. The van der Waals surface area contributed by atoms with Crippen LogP contribution in [0.5, 0.6) is 0 Å². The van der Waals surface area contributed by atoms with Crippen molar-refractivity contribution >= 4 is 7.74 Å². The Hall–Kier alpha value is -0.400. The van der Waals surface area contributed by atoms with Gasteiger partial charge < -0.3 is 13.9 Å². The lowest BCUT2D eigenvalue weighted by molar-refractivity contribution is 0.255. The highest BCUT2D eigenvalue weighted by Crippen LogP contribution is 2.44. The number of nitrogens with zero attached hydrogens (tertiary/aromatic N) is 2. The van der Waals surface area contributed by atoms with Gasteiger partial charge in [0.25, 0.3) is 0 Å². The molecule has 0 spiro atoms. The van der Waals surface area contributed by atoms with E-state index in [1.165, 1.54) is 20.4 Å². The van der Waals surface area contributed by atoms with Gasteiger partial charge in [-0.2, -0.15) is 5.26 Å². The summed E-state index contributed by atoms with van der Waals surface area (Å²) in [7, 11) is -0.727. The second-order valence-electron chi connectivity index (χ2n) is 1.06. The predicted molar refractivity (Wildman–Crippen MR) is 31.2 cm³/mol. The van der Waals surface area contributed by atoms with Gasteiger partial charge >= 0.3 is 7.74 Å². The van der Waals surface area contributed by atoms with Gasteiger partial charge in [0.15, 0.2) is 0 Å². The first-order valence-electron chi connectivity index (χ1n) is 2.03. The van der Waals surface area contributed by atoms with Gasteiger partial charge in [0.2, 0.25) is 6.19 Å². The zero-order valence-electron chi connectivity index (χ0n) is 5.11. The SMILES string of the molecule is COP(O)(=NC#N)OC. The number of hydrogen-bond donors (Lipinski definition) is 1. The molecule has 0 fully saturated rings. The van der Waals surface area contributed by atoms with Gasteiger partial charge in [0, 0.05) is 14.2 Å². The summed E-state index contributed by atoms with van der Waals surface area (Å²) in [5.74, 6) is 0. The fraction of sp³-hybridized carbons (Fsp3) is 0.667. The maximum absolute atomic E-state index is 8.91. The van der Waals surface area contributed by atoms with Crippen molar-refractivity contribution in [3.8, 4) is 6.19 Å². The van der Waals surface area contributed by atoms with E-state index in [2.05, 4.69) is 13.8 Å². The molecule has 0 aliphatic heterocycles. The van der Waals surface area contributed by atoms with Crippen molar-refractivity contribution in [1.82, 2.24) is 0 Å². The molecule has 0 saturated carbocycles. The van der Waals surface area contributed by atoms with Crippen molar-refractivity contribution < 1.29 is 13.9 Å². The molecule has 0 unspecified atom stereocenters. The molecular formula is C3H7N2O3P. The van der Waals surface area contributed by atoms with E-state index in [0.29, 0.717) is 0 Å². The molecule has 1 N–H and O–H groups in total. The molecule has 0 aliphatic rings.